The van der Waals surface area contributed by atoms with Gasteiger partial charge in [0.05, 0.1) is 0 Å². The fourth-order valence-electron chi connectivity index (χ4n) is 3.50. The van der Waals surface area contributed by atoms with E-state index < -0.39 is 8.32 Å². The summed E-state index contributed by atoms with van der Waals surface area (Å²) < 4.78 is 6.70. The van der Waals surface area contributed by atoms with Crippen LogP contribution in [-0.2, 0) is 4.43 Å². The second-order valence-electron chi connectivity index (χ2n) is 7.10. The van der Waals surface area contributed by atoms with Crippen LogP contribution in [0.5, 0.6) is 0 Å². The fraction of sp³-hybridized carbons (Fsp3) is 1.00. The SMILES string of the molecule is CCCCCCC(CCCCCC)O[Si]1(C)CCCC1. The van der Waals surface area contributed by atoms with Crippen molar-refractivity contribution in [2.24, 2.45) is 0 Å². The van der Waals surface area contributed by atoms with Gasteiger partial charge in [0.2, 0.25) is 0 Å². The van der Waals surface area contributed by atoms with E-state index in [0.29, 0.717) is 6.10 Å². The Kier molecular flexibility index (Phi) is 9.88. The van der Waals surface area contributed by atoms with E-state index >= 15 is 0 Å². The zero-order valence-electron chi connectivity index (χ0n) is 14.4. The van der Waals surface area contributed by atoms with Gasteiger partial charge in [-0.05, 0) is 31.5 Å². The lowest BCUT2D eigenvalue weighted by Gasteiger charge is -2.29. The van der Waals surface area contributed by atoms with Crippen molar-refractivity contribution in [2.45, 2.75) is 116 Å². The summed E-state index contributed by atoms with van der Waals surface area (Å²) in [6.45, 7) is 7.08. The van der Waals surface area contributed by atoms with Gasteiger partial charge in [0.25, 0.3) is 0 Å². The molecule has 0 aromatic heterocycles. The summed E-state index contributed by atoms with van der Waals surface area (Å²) in [4.78, 5) is 0. The van der Waals surface area contributed by atoms with Gasteiger partial charge in [-0.1, -0.05) is 78.1 Å². The van der Waals surface area contributed by atoms with Crippen molar-refractivity contribution in [3.63, 3.8) is 0 Å². The first kappa shape index (κ1) is 18.2. The molecule has 0 aliphatic carbocycles. The van der Waals surface area contributed by atoms with Crippen LogP contribution in [-0.4, -0.2) is 14.4 Å². The molecular weight excluding hydrogens is 260 g/mol. The molecule has 0 spiro atoms. The smallest absolute Gasteiger partial charge is 0.190 e. The van der Waals surface area contributed by atoms with Crippen LogP contribution in [0.1, 0.15) is 90.9 Å². The molecular formula is C18H38OSi. The van der Waals surface area contributed by atoms with Crippen LogP contribution in [0.4, 0.5) is 0 Å². The Morgan fingerprint density at radius 1 is 0.800 bits per heavy atom. The third kappa shape index (κ3) is 7.83. The Labute approximate surface area is 129 Å². The molecule has 120 valence electrons. The monoisotopic (exact) mass is 298 g/mol. The summed E-state index contributed by atoms with van der Waals surface area (Å²) in [5, 5.41) is 0. The van der Waals surface area contributed by atoms with Crippen LogP contribution in [0.15, 0.2) is 0 Å². The van der Waals surface area contributed by atoms with Gasteiger partial charge in [-0.2, -0.15) is 0 Å². The highest BCUT2D eigenvalue weighted by molar-refractivity contribution is 6.73. The molecule has 0 aromatic carbocycles. The molecule has 1 rings (SSSR count). The normalized spacial score (nSPS) is 18.0. The number of hydrogen-bond donors (Lipinski definition) is 0. The zero-order valence-corrected chi connectivity index (χ0v) is 15.4. The van der Waals surface area contributed by atoms with Crippen LogP contribution in [0.2, 0.25) is 18.6 Å². The van der Waals surface area contributed by atoms with Crippen molar-refractivity contribution in [3.05, 3.63) is 0 Å². The van der Waals surface area contributed by atoms with Gasteiger partial charge < -0.3 is 4.43 Å². The van der Waals surface area contributed by atoms with Crippen LogP contribution in [0.3, 0.4) is 0 Å². The molecule has 1 nitrogen and oxygen atoms in total. The standard InChI is InChI=1S/C18H38OSi/c1-4-6-8-10-14-18(15-11-9-7-5-2)19-20(3)16-12-13-17-20/h18H,4-17H2,1-3H3. The van der Waals surface area contributed by atoms with E-state index in [0.717, 1.165) is 0 Å². The quantitative estimate of drug-likeness (QED) is 0.288. The first-order chi connectivity index (χ1) is 9.70. The summed E-state index contributed by atoms with van der Waals surface area (Å²) >= 11 is 0. The van der Waals surface area contributed by atoms with Gasteiger partial charge >= 0.3 is 0 Å². The third-order valence-electron chi connectivity index (χ3n) is 4.87. The number of hydrogen-bond acceptors (Lipinski definition) is 1. The summed E-state index contributed by atoms with van der Waals surface area (Å²) in [6, 6.07) is 2.85. The third-order valence-corrected chi connectivity index (χ3v) is 8.60. The molecule has 0 unspecified atom stereocenters. The Hall–Kier alpha value is 0.177. The largest absolute Gasteiger partial charge is 0.414 e. The maximum atomic E-state index is 6.70. The highest BCUT2D eigenvalue weighted by Gasteiger charge is 2.35. The van der Waals surface area contributed by atoms with Gasteiger partial charge in [-0.3, -0.25) is 0 Å². The minimum Gasteiger partial charge on any atom is -0.414 e. The molecule has 20 heavy (non-hydrogen) atoms. The Morgan fingerprint density at radius 3 is 1.75 bits per heavy atom. The predicted molar refractivity (Wildman–Crippen MR) is 92.9 cm³/mol. The molecule has 0 radical (unpaired) electrons. The average Bonchev–Trinajstić information content (AvgIpc) is 2.86. The summed E-state index contributed by atoms with van der Waals surface area (Å²) in [5.41, 5.74) is 0. The van der Waals surface area contributed by atoms with E-state index in [2.05, 4.69) is 20.4 Å². The lowest BCUT2D eigenvalue weighted by molar-refractivity contribution is 0.162. The lowest BCUT2D eigenvalue weighted by atomic mass is 10.0. The van der Waals surface area contributed by atoms with Crippen LogP contribution >= 0.6 is 0 Å². The maximum absolute atomic E-state index is 6.70. The molecule has 0 aromatic rings. The minimum absolute atomic E-state index is 0.596. The summed E-state index contributed by atoms with van der Waals surface area (Å²) in [7, 11) is -1.29. The zero-order chi connectivity index (χ0) is 14.7. The van der Waals surface area contributed by atoms with Gasteiger partial charge in [0, 0.05) is 6.10 Å². The fourth-order valence-corrected chi connectivity index (χ4v) is 7.02. The highest BCUT2D eigenvalue weighted by atomic mass is 28.4. The second-order valence-corrected chi connectivity index (χ2v) is 11.2. The van der Waals surface area contributed by atoms with Gasteiger partial charge in [-0.25, -0.2) is 0 Å². The van der Waals surface area contributed by atoms with Gasteiger partial charge in [-0.15, -0.1) is 0 Å². The van der Waals surface area contributed by atoms with Crippen molar-refractivity contribution in [3.8, 4) is 0 Å². The van der Waals surface area contributed by atoms with Crippen molar-refractivity contribution in [1.29, 1.82) is 0 Å². The molecule has 1 saturated heterocycles. The molecule has 1 aliphatic heterocycles. The Bertz CT molecular complexity index is 211. The molecule has 0 amide bonds. The Balaban J connectivity index is 2.29. The van der Waals surface area contributed by atoms with E-state index in [1.807, 2.05) is 0 Å². The van der Waals surface area contributed by atoms with E-state index in [1.54, 1.807) is 0 Å². The lowest BCUT2D eigenvalue weighted by Crippen LogP contribution is -2.35. The van der Waals surface area contributed by atoms with Crippen LogP contribution < -0.4 is 0 Å². The molecule has 0 atom stereocenters. The first-order valence-electron chi connectivity index (χ1n) is 9.38. The van der Waals surface area contributed by atoms with Crippen LogP contribution in [0.25, 0.3) is 0 Å². The Morgan fingerprint density at radius 2 is 1.30 bits per heavy atom. The predicted octanol–water partition coefficient (Wildman–Crippen LogP) is 6.68. The molecule has 0 bridgehead atoms. The maximum Gasteiger partial charge on any atom is 0.190 e. The van der Waals surface area contributed by atoms with Crippen LogP contribution in [0, 0.1) is 0 Å². The molecule has 0 saturated carbocycles. The number of rotatable bonds is 12. The number of unbranched alkanes of at least 4 members (excludes halogenated alkanes) is 6. The molecule has 1 aliphatic rings. The molecule has 2 heteroatoms. The highest BCUT2D eigenvalue weighted by Crippen LogP contribution is 2.33. The van der Waals surface area contributed by atoms with Gasteiger partial charge in [0.1, 0.15) is 0 Å². The van der Waals surface area contributed by atoms with E-state index in [4.69, 9.17) is 4.43 Å². The van der Waals surface area contributed by atoms with Crippen molar-refractivity contribution in [1.82, 2.24) is 0 Å². The van der Waals surface area contributed by atoms with E-state index in [1.165, 1.54) is 89.1 Å². The molecule has 1 fully saturated rings. The average molecular weight is 299 g/mol. The second kappa shape index (κ2) is 10.8. The van der Waals surface area contributed by atoms with E-state index in [-0.39, 0.29) is 0 Å². The van der Waals surface area contributed by atoms with Crippen molar-refractivity contribution < 1.29 is 4.43 Å². The molecule has 0 N–H and O–H groups in total. The minimum atomic E-state index is -1.29. The first-order valence-corrected chi connectivity index (χ1v) is 12.2. The van der Waals surface area contributed by atoms with E-state index in [9.17, 15) is 0 Å². The summed E-state index contributed by atoms with van der Waals surface area (Å²) in [6.07, 6.45) is 17.2. The van der Waals surface area contributed by atoms with Crippen molar-refractivity contribution in [2.75, 3.05) is 0 Å². The van der Waals surface area contributed by atoms with Gasteiger partial charge in [0.15, 0.2) is 8.32 Å². The van der Waals surface area contributed by atoms with Crippen molar-refractivity contribution >= 4 is 8.32 Å². The summed E-state index contributed by atoms with van der Waals surface area (Å²) in [5.74, 6) is 0. The molecule has 1 heterocycles. The topological polar surface area (TPSA) is 9.23 Å².